The molecule has 0 bridgehead atoms. The van der Waals surface area contributed by atoms with Gasteiger partial charge in [0.1, 0.15) is 0 Å². The van der Waals surface area contributed by atoms with Gasteiger partial charge in [0.05, 0.1) is 6.61 Å². The van der Waals surface area contributed by atoms with Crippen LogP contribution in [0.1, 0.15) is 25.3 Å². The van der Waals surface area contributed by atoms with Gasteiger partial charge in [-0.05, 0) is 37.3 Å². The van der Waals surface area contributed by atoms with Gasteiger partial charge in [0, 0.05) is 18.8 Å². The number of aromatic nitrogens is 1. The summed E-state index contributed by atoms with van der Waals surface area (Å²) < 4.78 is 5.78. The Morgan fingerprint density at radius 2 is 2.17 bits per heavy atom. The molecule has 98 valence electrons. The topological polar surface area (TPSA) is 34.1 Å². The van der Waals surface area contributed by atoms with Crippen molar-refractivity contribution in [2.45, 2.75) is 26.3 Å². The van der Waals surface area contributed by atoms with Gasteiger partial charge in [0.25, 0.3) is 0 Å². The van der Waals surface area contributed by atoms with E-state index in [0.29, 0.717) is 11.8 Å². The lowest BCUT2D eigenvalue weighted by Crippen LogP contribution is -2.21. The van der Waals surface area contributed by atoms with E-state index >= 15 is 0 Å². The number of hydrogen-bond donors (Lipinski definition) is 1. The molecule has 2 unspecified atom stereocenters. The van der Waals surface area contributed by atoms with Crippen LogP contribution in [0.5, 0.6) is 5.88 Å². The van der Waals surface area contributed by atoms with Crippen molar-refractivity contribution >= 4 is 0 Å². The Labute approximate surface area is 109 Å². The highest BCUT2D eigenvalue weighted by Gasteiger charge is 2.18. The van der Waals surface area contributed by atoms with Crippen molar-refractivity contribution in [3.05, 3.63) is 36.0 Å². The van der Waals surface area contributed by atoms with Gasteiger partial charge in [0.2, 0.25) is 5.88 Å². The Balaban J connectivity index is 1.84. The Hall–Kier alpha value is -1.35. The average Bonchev–Trinajstić information content (AvgIpc) is 2.40. The van der Waals surface area contributed by atoms with Crippen LogP contribution in [0.15, 0.2) is 30.5 Å². The van der Waals surface area contributed by atoms with Gasteiger partial charge < -0.3 is 10.1 Å². The molecular formula is C15H22N2O. The second kappa shape index (κ2) is 6.55. The summed E-state index contributed by atoms with van der Waals surface area (Å²) in [5, 5.41) is 3.10. The van der Waals surface area contributed by atoms with E-state index in [1.54, 1.807) is 0 Å². The van der Waals surface area contributed by atoms with E-state index in [-0.39, 0.29) is 0 Å². The molecule has 2 rings (SSSR count). The van der Waals surface area contributed by atoms with Gasteiger partial charge in [-0.2, -0.15) is 0 Å². The highest BCUT2D eigenvalue weighted by atomic mass is 16.5. The van der Waals surface area contributed by atoms with E-state index in [1.807, 2.05) is 19.3 Å². The number of ether oxygens (including phenoxy) is 1. The van der Waals surface area contributed by atoms with Gasteiger partial charge >= 0.3 is 0 Å². The molecule has 18 heavy (non-hydrogen) atoms. The summed E-state index contributed by atoms with van der Waals surface area (Å²) in [6, 6.07) is 4.01. The average molecular weight is 246 g/mol. The molecule has 1 aliphatic rings. The van der Waals surface area contributed by atoms with Crippen LogP contribution in [0.3, 0.4) is 0 Å². The van der Waals surface area contributed by atoms with Crippen molar-refractivity contribution in [1.82, 2.24) is 10.3 Å². The minimum Gasteiger partial charge on any atom is -0.477 e. The quantitative estimate of drug-likeness (QED) is 0.811. The van der Waals surface area contributed by atoms with Gasteiger partial charge in [0.15, 0.2) is 0 Å². The summed E-state index contributed by atoms with van der Waals surface area (Å²) in [6.45, 7) is 3.91. The predicted molar refractivity (Wildman–Crippen MR) is 73.5 cm³/mol. The van der Waals surface area contributed by atoms with Gasteiger partial charge in [-0.15, -0.1) is 0 Å². The Kier molecular flexibility index (Phi) is 4.76. The van der Waals surface area contributed by atoms with Gasteiger partial charge in [-0.25, -0.2) is 4.98 Å². The van der Waals surface area contributed by atoms with E-state index in [0.717, 1.165) is 25.5 Å². The minimum atomic E-state index is 0.619. The third-order valence-electron chi connectivity index (χ3n) is 3.54. The molecule has 1 heterocycles. The van der Waals surface area contributed by atoms with Crippen LogP contribution in [0, 0.1) is 11.8 Å². The molecule has 2 atom stereocenters. The van der Waals surface area contributed by atoms with Gasteiger partial charge in [-0.1, -0.05) is 25.1 Å². The monoisotopic (exact) mass is 246 g/mol. The van der Waals surface area contributed by atoms with Crippen molar-refractivity contribution in [1.29, 1.82) is 0 Å². The van der Waals surface area contributed by atoms with Crippen LogP contribution >= 0.6 is 0 Å². The molecule has 0 saturated heterocycles. The molecular weight excluding hydrogens is 224 g/mol. The Bertz CT molecular complexity index is 386. The molecule has 1 aromatic rings. The molecule has 0 saturated carbocycles. The second-order valence-electron chi connectivity index (χ2n) is 5.03. The normalized spacial score (nSPS) is 23.0. The summed E-state index contributed by atoms with van der Waals surface area (Å²) in [5.74, 6) is 2.06. The maximum atomic E-state index is 5.78. The molecule has 1 aliphatic carbocycles. The number of hydrogen-bond acceptors (Lipinski definition) is 3. The first-order valence-corrected chi connectivity index (χ1v) is 6.67. The molecule has 3 nitrogen and oxygen atoms in total. The zero-order chi connectivity index (χ0) is 12.8. The lowest BCUT2D eigenvalue weighted by molar-refractivity contribution is 0.192. The fourth-order valence-electron chi connectivity index (χ4n) is 2.24. The summed E-state index contributed by atoms with van der Waals surface area (Å²) in [5.41, 5.74) is 1.18. The number of allylic oxidation sites excluding steroid dienone is 2. The second-order valence-corrected chi connectivity index (χ2v) is 5.03. The minimum absolute atomic E-state index is 0.619. The van der Waals surface area contributed by atoms with E-state index in [1.165, 1.54) is 12.0 Å². The van der Waals surface area contributed by atoms with E-state index in [2.05, 4.69) is 35.4 Å². The molecule has 0 radical (unpaired) electrons. The van der Waals surface area contributed by atoms with Crippen molar-refractivity contribution in [3.8, 4) is 5.88 Å². The van der Waals surface area contributed by atoms with Crippen molar-refractivity contribution < 1.29 is 4.74 Å². The number of rotatable bonds is 5. The smallest absolute Gasteiger partial charge is 0.213 e. The van der Waals surface area contributed by atoms with Crippen LogP contribution in [0.2, 0.25) is 0 Å². The summed E-state index contributed by atoms with van der Waals surface area (Å²) in [6.07, 6.45) is 8.70. The lowest BCUT2D eigenvalue weighted by Gasteiger charge is -2.24. The molecule has 0 fully saturated rings. The van der Waals surface area contributed by atoms with Crippen LogP contribution in [0.25, 0.3) is 0 Å². The van der Waals surface area contributed by atoms with Crippen molar-refractivity contribution in [3.63, 3.8) is 0 Å². The molecule has 0 aromatic carbocycles. The SMILES string of the molecule is CNCc1ccc(OCC2CC=CCC2C)nc1. The van der Waals surface area contributed by atoms with Crippen LogP contribution in [-0.4, -0.2) is 18.6 Å². The fourth-order valence-corrected chi connectivity index (χ4v) is 2.24. The van der Waals surface area contributed by atoms with Crippen LogP contribution in [-0.2, 0) is 6.54 Å². The first-order chi connectivity index (χ1) is 8.79. The predicted octanol–water partition coefficient (Wildman–Crippen LogP) is 2.78. The highest BCUT2D eigenvalue weighted by molar-refractivity contribution is 5.17. The van der Waals surface area contributed by atoms with Gasteiger partial charge in [-0.3, -0.25) is 0 Å². The third-order valence-corrected chi connectivity index (χ3v) is 3.54. The van der Waals surface area contributed by atoms with Crippen molar-refractivity contribution in [2.75, 3.05) is 13.7 Å². The maximum Gasteiger partial charge on any atom is 0.213 e. The first-order valence-electron chi connectivity index (χ1n) is 6.67. The zero-order valence-electron chi connectivity index (χ0n) is 11.2. The Morgan fingerprint density at radius 3 is 2.83 bits per heavy atom. The molecule has 1 N–H and O–H groups in total. The van der Waals surface area contributed by atoms with E-state index < -0.39 is 0 Å². The summed E-state index contributed by atoms with van der Waals surface area (Å²) >= 11 is 0. The zero-order valence-corrected chi connectivity index (χ0v) is 11.2. The number of nitrogens with zero attached hydrogens (tertiary/aromatic N) is 1. The third kappa shape index (κ3) is 3.57. The highest BCUT2D eigenvalue weighted by Crippen LogP contribution is 2.25. The fraction of sp³-hybridized carbons (Fsp3) is 0.533. The van der Waals surface area contributed by atoms with E-state index in [9.17, 15) is 0 Å². The molecule has 0 aliphatic heterocycles. The largest absolute Gasteiger partial charge is 0.477 e. The summed E-state index contributed by atoms with van der Waals surface area (Å²) in [4.78, 5) is 4.33. The molecule has 1 aromatic heterocycles. The standard InChI is InChI=1S/C15H22N2O/c1-12-5-3-4-6-14(12)11-18-15-8-7-13(9-16-2)10-17-15/h3-4,7-8,10,12,14,16H,5-6,9,11H2,1-2H3. The molecule has 0 amide bonds. The molecule has 3 heteroatoms. The van der Waals surface area contributed by atoms with Crippen molar-refractivity contribution in [2.24, 2.45) is 11.8 Å². The van der Waals surface area contributed by atoms with E-state index in [4.69, 9.17) is 4.74 Å². The number of pyridine rings is 1. The van der Waals surface area contributed by atoms with Crippen LogP contribution < -0.4 is 10.1 Å². The first kappa shape index (κ1) is 13.1. The lowest BCUT2D eigenvalue weighted by atomic mass is 9.85. The summed E-state index contributed by atoms with van der Waals surface area (Å²) in [7, 11) is 1.93. The Morgan fingerprint density at radius 1 is 1.33 bits per heavy atom. The maximum absolute atomic E-state index is 5.78. The van der Waals surface area contributed by atoms with Crippen LogP contribution in [0.4, 0.5) is 0 Å². The number of nitrogens with one attached hydrogen (secondary N) is 1. The molecule has 0 spiro atoms.